The second kappa shape index (κ2) is 10.6. The van der Waals surface area contributed by atoms with Gasteiger partial charge in [-0.25, -0.2) is 0 Å². The lowest BCUT2D eigenvalue weighted by atomic mass is 9.86. The zero-order valence-corrected chi connectivity index (χ0v) is 13.9. The number of hydrogen-bond acceptors (Lipinski definition) is 5. The van der Waals surface area contributed by atoms with Gasteiger partial charge in [-0.15, -0.1) is 0 Å². The molecule has 1 heterocycles. The van der Waals surface area contributed by atoms with E-state index in [1.807, 2.05) is 0 Å². The average Bonchev–Trinajstić information content (AvgIpc) is 2.55. The maximum absolute atomic E-state index is 11.8. The third-order valence-corrected chi connectivity index (χ3v) is 4.07. The number of esters is 1. The van der Waals surface area contributed by atoms with E-state index in [0.29, 0.717) is 19.1 Å². The number of ether oxygens (including phenoxy) is 3. The first-order chi connectivity index (χ1) is 10.6. The molecule has 0 bridgehead atoms. The largest absolute Gasteiger partial charge is 0.465 e. The Morgan fingerprint density at radius 1 is 1.27 bits per heavy atom. The van der Waals surface area contributed by atoms with Gasteiger partial charge >= 0.3 is 5.97 Å². The zero-order chi connectivity index (χ0) is 16.3. The van der Waals surface area contributed by atoms with Gasteiger partial charge in [-0.2, -0.15) is 5.26 Å². The van der Waals surface area contributed by atoms with Crippen molar-refractivity contribution in [2.24, 2.45) is 5.41 Å². The summed E-state index contributed by atoms with van der Waals surface area (Å²) in [6.45, 7) is 6.15. The highest BCUT2D eigenvalue weighted by Gasteiger charge is 2.34. The molecule has 0 amide bonds. The predicted molar refractivity (Wildman–Crippen MR) is 83.2 cm³/mol. The van der Waals surface area contributed by atoms with Gasteiger partial charge in [0.05, 0.1) is 18.8 Å². The van der Waals surface area contributed by atoms with Crippen molar-refractivity contribution >= 4 is 5.97 Å². The summed E-state index contributed by atoms with van der Waals surface area (Å²) in [4.78, 5) is 11.8. The van der Waals surface area contributed by atoms with Crippen LogP contribution in [0.4, 0.5) is 0 Å². The molecular weight excluding hydrogens is 282 g/mol. The Bertz CT molecular complexity index is 360. The van der Waals surface area contributed by atoms with Crippen LogP contribution in [-0.2, 0) is 19.0 Å². The lowest BCUT2D eigenvalue weighted by Gasteiger charge is -2.22. The fraction of sp³-hybridized carbons (Fsp3) is 0.882. The van der Waals surface area contributed by atoms with Crippen molar-refractivity contribution < 1.29 is 19.0 Å². The molecule has 1 rings (SSSR count). The molecule has 0 aromatic rings. The van der Waals surface area contributed by atoms with Crippen LogP contribution in [0.2, 0.25) is 0 Å². The fourth-order valence-electron chi connectivity index (χ4n) is 2.52. The minimum absolute atomic E-state index is 0.319. The SMILES string of the molecule is CCOC(=O)C(C)(C#N)CCCCCCOC1CCOCC1. The lowest BCUT2D eigenvalue weighted by molar-refractivity contribution is -0.151. The third-order valence-electron chi connectivity index (χ3n) is 4.07. The Kier molecular flexibility index (Phi) is 9.10. The van der Waals surface area contributed by atoms with Crippen LogP contribution in [0.3, 0.4) is 0 Å². The molecule has 1 fully saturated rings. The van der Waals surface area contributed by atoms with E-state index in [1.165, 1.54) is 0 Å². The first-order valence-corrected chi connectivity index (χ1v) is 8.40. The number of hydrogen-bond donors (Lipinski definition) is 0. The van der Waals surface area contributed by atoms with Gasteiger partial charge in [-0.3, -0.25) is 4.79 Å². The third kappa shape index (κ3) is 6.76. The highest BCUT2D eigenvalue weighted by atomic mass is 16.5. The predicted octanol–water partition coefficient (Wildman–Crippen LogP) is 3.23. The van der Waals surface area contributed by atoms with E-state index in [2.05, 4.69) is 6.07 Å². The summed E-state index contributed by atoms with van der Waals surface area (Å²) in [5.74, 6) is -0.402. The maximum Gasteiger partial charge on any atom is 0.326 e. The second-order valence-corrected chi connectivity index (χ2v) is 6.01. The van der Waals surface area contributed by atoms with E-state index >= 15 is 0 Å². The van der Waals surface area contributed by atoms with E-state index in [1.54, 1.807) is 13.8 Å². The topological polar surface area (TPSA) is 68.6 Å². The van der Waals surface area contributed by atoms with Crippen LogP contribution in [0.25, 0.3) is 0 Å². The van der Waals surface area contributed by atoms with Gasteiger partial charge in [0.2, 0.25) is 0 Å². The number of rotatable bonds is 10. The molecule has 1 unspecified atom stereocenters. The molecule has 1 saturated heterocycles. The molecule has 0 spiro atoms. The van der Waals surface area contributed by atoms with Gasteiger partial charge in [0.15, 0.2) is 5.41 Å². The molecule has 0 N–H and O–H groups in total. The smallest absolute Gasteiger partial charge is 0.326 e. The number of nitriles is 1. The Morgan fingerprint density at radius 2 is 1.95 bits per heavy atom. The molecule has 22 heavy (non-hydrogen) atoms. The van der Waals surface area contributed by atoms with Crippen molar-refractivity contribution in [2.45, 2.75) is 64.9 Å². The highest BCUT2D eigenvalue weighted by Crippen LogP contribution is 2.25. The van der Waals surface area contributed by atoms with Crippen molar-refractivity contribution in [3.63, 3.8) is 0 Å². The minimum atomic E-state index is -1.01. The number of carbonyl (C=O) groups excluding carboxylic acids is 1. The first-order valence-electron chi connectivity index (χ1n) is 8.40. The molecule has 126 valence electrons. The second-order valence-electron chi connectivity index (χ2n) is 6.01. The molecule has 1 atom stereocenters. The lowest BCUT2D eigenvalue weighted by Crippen LogP contribution is -2.28. The fourth-order valence-corrected chi connectivity index (χ4v) is 2.52. The molecule has 1 aliphatic heterocycles. The Hall–Kier alpha value is -1.12. The van der Waals surface area contributed by atoms with Gasteiger partial charge in [-0.1, -0.05) is 19.3 Å². The quantitative estimate of drug-likeness (QED) is 0.457. The summed E-state index contributed by atoms with van der Waals surface area (Å²) in [5, 5.41) is 9.19. The summed E-state index contributed by atoms with van der Waals surface area (Å²) in [6, 6.07) is 2.10. The summed E-state index contributed by atoms with van der Waals surface area (Å²) < 4.78 is 16.1. The molecule has 5 heteroatoms. The van der Waals surface area contributed by atoms with Gasteiger partial charge in [-0.05, 0) is 39.5 Å². The number of nitrogens with zero attached hydrogens (tertiary/aromatic N) is 1. The van der Waals surface area contributed by atoms with Gasteiger partial charge < -0.3 is 14.2 Å². The Labute approximate surface area is 133 Å². The monoisotopic (exact) mass is 311 g/mol. The van der Waals surface area contributed by atoms with Crippen molar-refractivity contribution in [3.8, 4) is 6.07 Å². The molecule has 1 aliphatic rings. The molecule has 0 aromatic heterocycles. The van der Waals surface area contributed by atoms with Gasteiger partial charge in [0.25, 0.3) is 0 Å². The van der Waals surface area contributed by atoms with Crippen LogP contribution >= 0.6 is 0 Å². The van der Waals surface area contributed by atoms with E-state index in [9.17, 15) is 10.1 Å². The van der Waals surface area contributed by atoms with E-state index in [0.717, 1.165) is 58.3 Å². The van der Waals surface area contributed by atoms with Gasteiger partial charge in [0, 0.05) is 19.8 Å². The summed E-state index contributed by atoms with van der Waals surface area (Å²) in [6.07, 6.45) is 6.88. The molecule has 0 aliphatic carbocycles. The summed E-state index contributed by atoms with van der Waals surface area (Å²) in [5.41, 5.74) is -1.01. The van der Waals surface area contributed by atoms with Crippen LogP contribution in [0, 0.1) is 16.7 Å². The van der Waals surface area contributed by atoms with Crippen LogP contribution in [-0.4, -0.2) is 38.5 Å². The van der Waals surface area contributed by atoms with E-state index in [-0.39, 0.29) is 0 Å². The van der Waals surface area contributed by atoms with E-state index in [4.69, 9.17) is 14.2 Å². The molecule has 0 aromatic carbocycles. The first kappa shape index (κ1) is 18.9. The Morgan fingerprint density at radius 3 is 2.59 bits per heavy atom. The molecular formula is C17H29NO4. The van der Waals surface area contributed by atoms with Crippen LogP contribution in [0.15, 0.2) is 0 Å². The maximum atomic E-state index is 11.8. The van der Waals surface area contributed by atoms with Crippen molar-refractivity contribution in [3.05, 3.63) is 0 Å². The number of carbonyl (C=O) groups is 1. The minimum Gasteiger partial charge on any atom is -0.465 e. The molecule has 5 nitrogen and oxygen atoms in total. The van der Waals surface area contributed by atoms with E-state index < -0.39 is 11.4 Å². The molecule has 0 radical (unpaired) electrons. The standard InChI is InChI=1S/C17H29NO4/c1-3-21-16(19)17(2,14-18)10-6-4-5-7-11-22-15-8-12-20-13-9-15/h15H,3-13H2,1-2H3. The van der Waals surface area contributed by atoms with Crippen molar-refractivity contribution in [1.82, 2.24) is 0 Å². The van der Waals surface area contributed by atoms with Crippen molar-refractivity contribution in [2.75, 3.05) is 26.4 Å². The van der Waals surface area contributed by atoms with Crippen LogP contribution < -0.4 is 0 Å². The van der Waals surface area contributed by atoms with Crippen LogP contribution in [0.5, 0.6) is 0 Å². The summed E-state index contributed by atoms with van der Waals surface area (Å²) in [7, 11) is 0. The van der Waals surface area contributed by atoms with Crippen molar-refractivity contribution in [1.29, 1.82) is 5.26 Å². The molecule has 0 saturated carbocycles. The normalized spacial score (nSPS) is 18.4. The Balaban J connectivity index is 2.06. The zero-order valence-electron chi connectivity index (χ0n) is 13.9. The number of unbranched alkanes of at least 4 members (excludes halogenated alkanes) is 3. The summed E-state index contributed by atoms with van der Waals surface area (Å²) >= 11 is 0. The highest BCUT2D eigenvalue weighted by molar-refractivity contribution is 5.79. The van der Waals surface area contributed by atoms with Crippen LogP contribution in [0.1, 0.15) is 58.8 Å². The van der Waals surface area contributed by atoms with Gasteiger partial charge in [0.1, 0.15) is 0 Å². The average molecular weight is 311 g/mol.